The summed E-state index contributed by atoms with van der Waals surface area (Å²) in [5, 5.41) is 6.83. The number of nitrogens with one attached hydrogen (secondary N) is 1. The lowest BCUT2D eigenvalue weighted by Crippen LogP contribution is -2.09. The third-order valence-corrected chi connectivity index (χ3v) is 4.09. The van der Waals surface area contributed by atoms with Gasteiger partial charge in [0, 0.05) is 28.9 Å². The zero-order chi connectivity index (χ0) is 20.3. The minimum atomic E-state index is -1.76. The van der Waals surface area contributed by atoms with Crippen LogP contribution in [0.15, 0.2) is 48.8 Å². The van der Waals surface area contributed by atoms with Crippen LogP contribution in [-0.4, -0.2) is 15.7 Å². The summed E-state index contributed by atoms with van der Waals surface area (Å²) in [6, 6.07) is 7.20. The number of hydrogen-bond donors (Lipinski definition) is 1. The lowest BCUT2D eigenvalue weighted by Gasteiger charge is -2.06. The summed E-state index contributed by atoms with van der Waals surface area (Å²) in [7, 11) is 0. The Labute approximate surface area is 162 Å². The molecule has 0 atom stereocenters. The first kappa shape index (κ1) is 19.6. The standard InChI is InChI=1S/C19H12ClF4N3O/c20-14-4-2-1-3-11(14)5-6-17(28)26-12-8-25-27(9-12)10-13-15(21)7-16(22)19(24)18(13)23/h1-9H,10H2,(H,26,28)/b6-5+. The van der Waals surface area contributed by atoms with E-state index in [-0.39, 0.29) is 11.8 Å². The molecule has 28 heavy (non-hydrogen) atoms. The van der Waals surface area contributed by atoms with E-state index in [4.69, 9.17) is 11.6 Å². The zero-order valence-corrected chi connectivity index (χ0v) is 14.9. The average molecular weight is 410 g/mol. The van der Waals surface area contributed by atoms with E-state index in [1.807, 2.05) is 0 Å². The number of anilines is 1. The molecule has 0 aliphatic heterocycles. The maximum absolute atomic E-state index is 13.7. The Kier molecular flexibility index (Phi) is 5.79. The first-order valence-corrected chi connectivity index (χ1v) is 8.31. The Morgan fingerprint density at radius 3 is 2.64 bits per heavy atom. The van der Waals surface area contributed by atoms with E-state index in [9.17, 15) is 22.4 Å². The molecule has 2 aromatic carbocycles. The van der Waals surface area contributed by atoms with Crippen LogP contribution in [0.4, 0.5) is 23.2 Å². The molecule has 0 saturated heterocycles. The Hall–Kier alpha value is -3.13. The van der Waals surface area contributed by atoms with E-state index in [0.717, 1.165) is 4.68 Å². The SMILES string of the molecule is O=C(/C=C/c1ccccc1Cl)Nc1cnn(Cc2c(F)cc(F)c(F)c2F)c1. The van der Waals surface area contributed by atoms with Crippen molar-refractivity contribution in [3.05, 3.63) is 88.2 Å². The van der Waals surface area contributed by atoms with Crippen molar-refractivity contribution in [2.24, 2.45) is 0 Å². The van der Waals surface area contributed by atoms with Gasteiger partial charge in [-0.1, -0.05) is 29.8 Å². The normalized spacial score (nSPS) is 11.2. The Balaban J connectivity index is 1.69. The summed E-state index contributed by atoms with van der Waals surface area (Å²) in [6.45, 7) is -0.486. The molecule has 0 unspecified atom stereocenters. The van der Waals surface area contributed by atoms with Crippen LogP contribution < -0.4 is 5.32 Å². The molecule has 0 spiro atoms. The van der Waals surface area contributed by atoms with Crippen LogP contribution in [0.3, 0.4) is 0 Å². The van der Waals surface area contributed by atoms with Crippen LogP contribution in [0.1, 0.15) is 11.1 Å². The molecule has 0 fully saturated rings. The first-order chi connectivity index (χ1) is 13.3. The number of rotatable bonds is 5. The molecule has 144 valence electrons. The van der Waals surface area contributed by atoms with Gasteiger partial charge >= 0.3 is 0 Å². The minimum absolute atomic E-state index is 0.247. The van der Waals surface area contributed by atoms with Crippen molar-refractivity contribution in [2.45, 2.75) is 6.54 Å². The van der Waals surface area contributed by atoms with Crippen molar-refractivity contribution >= 4 is 29.3 Å². The third kappa shape index (κ3) is 4.40. The fourth-order valence-electron chi connectivity index (χ4n) is 2.39. The van der Waals surface area contributed by atoms with E-state index in [0.29, 0.717) is 10.6 Å². The number of hydrogen-bond acceptors (Lipinski definition) is 2. The van der Waals surface area contributed by atoms with Crippen LogP contribution in [-0.2, 0) is 11.3 Å². The second kappa shape index (κ2) is 8.26. The molecule has 0 bridgehead atoms. The van der Waals surface area contributed by atoms with E-state index >= 15 is 0 Å². The predicted molar refractivity (Wildman–Crippen MR) is 96.7 cm³/mol. The molecule has 1 N–H and O–H groups in total. The van der Waals surface area contributed by atoms with Crippen LogP contribution in [0.2, 0.25) is 5.02 Å². The fourth-order valence-corrected chi connectivity index (χ4v) is 2.58. The minimum Gasteiger partial charge on any atom is -0.320 e. The van der Waals surface area contributed by atoms with Crippen molar-refractivity contribution in [2.75, 3.05) is 5.32 Å². The largest absolute Gasteiger partial charge is 0.320 e. The Morgan fingerprint density at radius 2 is 1.89 bits per heavy atom. The summed E-state index contributed by atoms with van der Waals surface area (Å²) in [5.74, 6) is -6.72. The number of nitrogens with zero attached hydrogens (tertiary/aromatic N) is 2. The van der Waals surface area contributed by atoms with E-state index in [1.165, 1.54) is 24.5 Å². The molecule has 1 heterocycles. The number of carbonyl (C=O) groups excluding carboxylic acids is 1. The molecular formula is C19H12ClF4N3O. The Morgan fingerprint density at radius 1 is 1.14 bits per heavy atom. The molecule has 4 nitrogen and oxygen atoms in total. The summed E-state index contributed by atoms with van der Waals surface area (Å²) in [5.41, 5.74) is 0.218. The quantitative estimate of drug-likeness (QED) is 0.285. The van der Waals surface area contributed by atoms with Gasteiger partial charge in [-0.3, -0.25) is 9.48 Å². The smallest absolute Gasteiger partial charge is 0.248 e. The van der Waals surface area contributed by atoms with Gasteiger partial charge in [0.15, 0.2) is 17.5 Å². The molecule has 9 heteroatoms. The van der Waals surface area contributed by atoms with Gasteiger partial charge in [0.05, 0.1) is 18.4 Å². The predicted octanol–water partition coefficient (Wildman–Crippen LogP) is 4.79. The molecule has 1 amide bonds. The van der Waals surface area contributed by atoms with Gasteiger partial charge in [-0.25, -0.2) is 17.6 Å². The highest BCUT2D eigenvalue weighted by Gasteiger charge is 2.19. The molecule has 0 radical (unpaired) electrons. The molecule has 0 aliphatic rings. The number of amides is 1. The summed E-state index contributed by atoms with van der Waals surface area (Å²) >= 11 is 5.99. The summed E-state index contributed by atoms with van der Waals surface area (Å²) in [6.07, 6.45) is 5.32. The fraction of sp³-hybridized carbons (Fsp3) is 0.0526. The highest BCUT2D eigenvalue weighted by atomic mass is 35.5. The number of carbonyl (C=O) groups is 1. The topological polar surface area (TPSA) is 46.9 Å². The highest BCUT2D eigenvalue weighted by molar-refractivity contribution is 6.32. The first-order valence-electron chi connectivity index (χ1n) is 7.93. The van der Waals surface area contributed by atoms with Crippen molar-refractivity contribution in [1.82, 2.24) is 9.78 Å². The lowest BCUT2D eigenvalue weighted by atomic mass is 10.2. The van der Waals surface area contributed by atoms with E-state index in [2.05, 4.69) is 10.4 Å². The van der Waals surface area contributed by atoms with Gasteiger partial charge in [0.25, 0.3) is 0 Å². The highest BCUT2D eigenvalue weighted by Crippen LogP contribution is 2.20. The summed E-state index contributed by atoms with van der Waals surface area (Å²) in [4.78, 5) is 12.0. The monoisotopic (exact) mass is 409 g/mol. The van der Waals surface area contributed by atoms with Crippen molar-refractivity contribution in [1.29, 1.82) is 0 Å². The lowest BCUT2D eigenvalue weighted by molar-refractivity contribution is -0.111. The molecule has 1 aromatic heterocycles. The number of benzene rings is 2. The number of halogens is 5. The van der Waals surface area contributed by atoms with Crippen molar-refractivity contribution < 1.29 is 22.4 Å². The van der Waals surface area contributed by atoms with Crippen LogP contribution in [0.5, 0.6) is 0 Å². The van der Waals surface area contributed by atoms with Crippen LogP contribution in [0, 0.1) is 23.3 Å². The second-order valence-corrected chi connectivity index (χ2v) is 6.12. The molecule has 3 aromatic rings. The Bertz CT molecular complexity index is 1070. The maximum Gasteiger partial charge on any atom is 0.248 e. The van der Waals surface area contributed by atoms with Gasteiger partial charge in [-0.15, -0.1) is 0 Å². The van der Waals surface area contributed by atoms with Gasteiger partial charge in [-0.05, 0) is 17.7 Å². The van der Waals surface area contributed by atoms with Gasteiger partial charge < -0.3 is 5.32 Å². The van der Waals surface area contributed by atoms with Crippen LogP contribution in [0.25, 0.3) is 6.08 Å². The molecule has 0 aliphatic carbocycles. The molecule has 3 rings (SSSR count). The van der Waals surface area contributed by atoms with Gasteiger partial charge in [0.1, 0.15) is 5.82 Å². The van der Waals surface area contributed by atoms with Crippen LogP contribution >= 0.6 is 11.6 Å². The molecular weight excluding hydrogens is 398 g/mol. The second-order valence-electron chi connectivity index (χ2n) is 5.72. The van der Waals surface area contributed by atoms with Crippen molar-refractivity contribution in [3.8, 4) is 0 Å². The zero-order valence-electron chi connectivity index (χ0n) is 14.1. The van der Waals surface area contributed by atoms with Crippen molar-refractivity contribution in [3.63, 3.8) is 0 Å². The third-order valence-electron chi connectivity index (χ3n) is 3.75. The van der Waals surface area contributed by atoms with Gasteiger partial charge in [0.2, 0.25) is 5.91 Å². The van der Waals surface area contributed by atoms with Gasteiger partial charge in [-0.2, -0.15) is 5.10 Å². The average Bonchev–Trinajstić information content (AvgIpc) is 3.10. The maximum atomic E-state index is 13.7. The molecule has 0 saturated carbocycles. The van der Waals surface area contributed by atoms with E-state index in [1.54, 1.807) is 24.3 Å². The number of aromatic nitrogens is 2. The van der Waals surface area contributed by atoms with E-state index < -0.39 is 41.3 Å². The summed E-state index contributed by atoms with van der Waals surface area (Å²) < 4.78 is 54.8.